The highest BCUT2D eigenvalue weighted by atomic mass is 16.5. The predicted octanol–water partition coefficient (Wildman–Crippen LogP) is 7.66. The van der Waals surface area contributed by atoms with E-state index in [1.807, 2.05) is 0 Å². The third-order valence-electron chi connectivity index (χ3n) is 14.3. The molecule has 14 unspecified atom stereocenters. The summed E-state index contributed by atoms with van der Waals surface area (Å²) >= 11 is 0. The van der Waals surface area contributed by atoms with Crippen molar-refractivity contribution in [2.24, 2.45) is 82.9 Å². The lowest BCUT2D eigenvalue weighted by Crippen LogP contribution is -2.28. The number of carbonyl (C=O) groups excluding carboxylic acids is 2. The molecule has 0 spiro atoms. The van der Waals surface area contributed by atoms with Gasteiger partial charge in [0, 0.05) is 37.6 Å². The molecule has 14 atom stereocenters. The average Bonchev–Trinajstić information content (AvgIpc) is 3.87. The van der Waals surface area contributed by atoms with Crippen molar-refractivity contribution in [3.05, 3.63) is 24.3 Å². The van der Waals surface area contributed by atoms with Crippen molar-refractivity contribution >= 4 is 11.9 Å². The third kappa shape index (κ3) is 6.91. The molecule has 7 rings (SSSR count). The lowest BCUT2D eigenvalue weighted by Gasteiger charge is -2.31. The van der Waals surface area contributed by atoms with E-state index in [4.69, 9.17) is 18.9 Å². The minimum absolute atomic E-state index is 0.229. The van der Waals surface area contributed by atoms with Gasteiger partial charge < -0.3 is 18.9 Å². The molecule has 0 amide bonds. The summed E-state index contributed by atoms with van der Waals surface area (Å²) in [6.45, 7) is 15.8. The van der Waals surface area contributed by atoms with Gasteiger partial charge in [0.15, 0.2) is 0 Å². The fourth-order valence-corrected chi connectivity index (χ4v) is 12.4. The van der Waals surface area contributed by atoms with Gasteiger partial charge in [0.25, 0.3) is 0 Å². The van der Waals surface area contributed by atoms with E-state index in [0.29, 0.717) is 59.9 Å². The molecule has 0 heterocycles. The van der Waals surface area contributed by atoms with Crippen LogP contribution in [0.15, 0.2) is 24.3 Å². The maximum absolute atomic E-state index is 11.9. The molecule has 0 aliphatic heterocycles. The van der Waals surface area contributed by atoms with Gasteiger partial charge in [-0.2, -0.15) is 0 Å². The first-order chi connectivity index (χ1) is 22.2. The highest BCUT2D eigenvalue weighted by molar-refractivity contribution is 5.87. The number of esters is 2. The van der Waals surface area contributed by atoms with E-state index in [2.05, 4.69) is 13.2 Å². The van der Waals surface area contributed by atoms with E-state index >= 15 is 0 Å². The number of rotatable bonds is 14. The fraction of sp³-hybridized carbons (Fsp3) is 0.850. The summed E-state index contributed by atoms with van der Waals surface area (Å²) in [5, 5.41) is 0. The molecule has 256 valence electrons. The Morgan fingerprint density at radius 1 is 0.500 bits per heavy atom. The molecule has 46 heavy (non-hydrogen) atoms. The second-order valence-corrected chi connectivity index (χ2v) is 17.4. The van der Waals surface area contributed by atoms with Crippen LogP contribution in [-0.2, 0) is 28.5 Å². The van der Waals surface area contributed by atoms with Crippen LogP contribution in [0.2, 0.25) is 0 Å². The second kappa shape index (κ2) is 14.1. The van der Waals surface area contributed by atoms with Gasteiger partial charge in [0.05, 0.1) is 13.2 Å². The highest BCUT2D eigenvalue weighted by Gasteiger charge is 2.57. The van der Waals surface area contributed by atoms with Crippen LogP contribution in [-0.4, -0.2) is 51.6 Å². The molecular weight excluding hydrogens is 576 g/mol. The Balaban J connectivity index is 0.771. The summed E-state index contributed by atoms with van der Waals surface area (Å²) in [5.74, 6) is 9.99. The Morgan fingerprint density at radius 2 is 0.913 bits per heavy atom. The molecule has 7 fully saturated rings. The molecule has 6 nitrogen and oxygen atoms in total. The minimum atomic E-state index is -0.229. The molecule has 7 aliphatic carbocycles. The Kier molecular flexibility index (Phi) is 10.0. The lowest BCUT2D eigenvalue weighted by molar-refractivity contribution is -0.142. The fourth-order valence-electron chi connectivity index (χ4n) is 12.4. The molecule has 0 radical (unpaired) electrons. The van der Waals surface area contributed by atoms with Crippen molar-refractivity contribution in [3.8, 4) is 0 Å². The van der Waals surface area contributed by atoms with Gasteiger partial charge in [0.1, 0.15) is 0 Å². The smallest absolute Gasteiger partial charge is 0.333 e. The molecule has 4 bridgehead atoms. The molecule has 7 saturated carbocycles. The van der Waals surface area contributed by atoms with Crippen molar-refractivity contribution in [1.29, 1.82) is 0 Å². The second-order valence-electron chi connectivity index (χ2n) is 17.4. The lowest BCUT2D eigenvalue weighted by atomic mass is 9.76. The van der Waals surface area contributed by atoms with Gasteiger partial charge >= 0.3 is 11.9 Å². The minimum Gasteiger partial charge on any atom is -0.462 e. The van der Waals surface area contributed by atoms with Gasteiger partial charge in [0.2, 0.25) is 0 Å². The summed E-state index contributed by atoms with van der Waals surface area (Å²) in [4.78, 5) is 23.8. The van der Waals surface area contributed by atoms with E-state index in [9.17, 15) is 9.59 Å². The monoisotopic (exact) mass is 636 g/mol. The van der Waals surface area contributed by atoms with Crippen LogP contribution in [0.5, 0.6) is 0 Å². The maximum atomic E-state index is 11.9. The van der Waals surface area contributed by atoms with Gasteiger partial charge in [-0.15, -0.1) is 0 Å². The first-order valence-electron chi connectivity index (χ1n) is 19.0. The number of hydrogen-bond donors (Lipinski definition) is 0. The summed E-state index contributed by atoms with van der Waals surface area (Å²) < 4.78 is 24.0. The van der Waals surface area contributed by atoms with Crippen LogP contribution >= 0.6 is 0 Å². The largest absolute Gasteiger partial charge is 0.462 e. The van der Waals surface area contributed by atoms with E-state index in [1.165, 1.54) is 77.0 Å². The van der Waals surface area contributed by atoms with Crippen molar-refractivity contribution in [1.82, 2.24) is 0 Å². The van der Waals surface area contributed by atoms with Crippen molar-refractivity contribution < 1.29 is 28.5 Å². The van der Waals surface area contributed by atoms with Crippen LogP contribution in [0.1, 0.15) is 90.9 Å². The average molecular weight is 637 g/mol. The van der Waals surface area contributed by atoms with E-state index in [1.54, 1.807) is 13.8 Å². The number of carbonyl (C=O) groups is 2. The first kappa shape index (κ1) is 32.9. The quantitative estimate of drug-likeness (QED) is 0.144. The summed E-state index contributed by atoms with van der Waals surface area (Å²) in [6, 6.07) is 0. The zero-order valence-corrected chi connectivity index (χ0v) is 28.7. The van der Waals surface area contributed by atoms with Crippen LogP contribution in [0.3, 0.4) is 0 Å². The topological polar surface area (TPSA) is 71.1 Å². The van der Waals surface area contributed by atoms with Crippen LogP contribution in [0.4, 0.5) is 0 Å². The van der Waals surface area contributed by atoms with Gasteiger partial charge in [-0.25, -0.2) is 9.59 Å². The van der Waals surface area contributed by atoms with Crippen molar-refractivity contribution in [3.63, 3.8) is 0 Å². The first-order valence-corrected chi connectivity index (χ1v) is 19.0. The summed E-state index contributed by atoms with van der Waals surface area (Å²) in [6.07, 6.45) is 15.7. The zero-order chi connectivity index (χ0) is 31.9. The van der Waals surface area contributed by atoms with Crippen molar-refractivity contribution in [2.45, 2.75) is 90.9 Å². The van der Waals surface area contributed by atoms with Gasteiger partial charge in [-0.05, 0) is 167 Å². The number of hydrogen-bond acceptors (Lipinski definition) is 6. The van der Waals surface area contributed by atoms with E-state index in [-0.39, 0.29) is 11.9 Å². The van der Waals surface area contributed by atoms with Crippen LogP contribution < -0.4 is 0 Å². The summed E-state index contributed by atoms with van der Waals surface area (Å²) in [7, 11) is 0. The Morgan fingerprint density at radius 3 is 1.35 bits per heavy atom. The Bertz CT molecular complexity index is 1060. The molecule has 0 aromatic rings. The normalized spacial score (nSPS) is 43.4. The number of fused-ring (bicyclic) bond motifs is 10. The molecule has 6 heteroatoms. The number of ether oxygens (including phenoxy) is 4. The molecule has 0 saturated heterocycles. The Hall–Kier alpha value is -1.66. The third-order valence-corrected chi connectivity index (χ3v) is 14.3. The van der Waals surface area contributed by atoms with Gasteiger partial charge in [-0.3, -0.25) is 0 Å². The summed E-state index contributed by atoms with van der Waals surface area (Å²) in [5.41, 5.74) is 1.01. The molecular formula is C40H60O6. The van der Waals surface area contributed by atoms with Gasteiger partial charge in [-0.1, -0.05) is 19.6 Å². The van der Waals surface area contributed by atoms with E-state index in [0.717, 1.165) is 73.8 Å². The standard InChI is InChI=1S/C40H60O6/c1-23(2)39(41)45-21-31-13-29-15-35(31)37-11-27(9-33(29)37)19-43-17-25-6-5-7-26(8-25)18-44-20-28-10-34-30-14-32(22-46-40(42)24(3)4)36(16-30)38(34)12-28/h25-38H,1,3,5-22H2,2,4H3. The van der Waals surface area contributed by atoms with Crippen LogP contribution in [0.25, 0.3) is 0 Å². The van der Waals surface area contributed by atoms with Crippen molar-refractivity contribution in [2.75, 3.05) is 39.6 Å². The SMILES string of the molecule is C=C(C)C(=O)OCC1CC2CC1C1CC(COCC3CCCC(COCC4CC5C6CC(COC(=O)C(=C)C)C(C6)C5C4)C3)CC21. The molecule has 0 aromatic carbocycles. The van der Waals surface area contributed by atoms with Crippen LogP contribution in [0, 0.1) is 82.9 Å². The Labute approximate surface area is 277 Å². The predicted molar refractivity (Wildman–Crippen MR) is 177 cm³/mol. The maximum Gasteiger partial charge on any atom is 0.333 e. The molecule has 7 aliphatic rings. The molecule has 0 N–H and O–H groups in total. The molecule has 0 aromatic heterocycles. The highest BCUT2D eigenvalue weighted by Crippen LogP contribution is 2.63. The zero-order valence-electron chi connectivity index (χ0n) is 28.7. The van der Waals surface area contributed by atoms with E-state index < -0.39 is 0 Å².